The summed E-state index contributed by atoms with van der Waals surface area (Å²) in [5, 5.41) is 10.9. The Morgan fingerprint density at radius 3 is 2.61 bits per heavy atom. The van der Waals surface area contributed by atoms with Gasteiger partial charge < -0.3 is 0 Å². The van der Waals surface area contributed by atoms with E-state index in [1.165, 1.54) is 5.56 Å². The number of nitriles is 1. The molecule has 0 spiro atoms. The lowest BCUT2D eigenvalue weighted by Crippen LogP contribution is -2.30. The first-order valence-corrected chi connectivity index (χ1v) is 6.57. The summed E-state index contributed by atoms with van der Waals surface area (Å²) in [4.78, 5) is 5.69. The van der Waals surface area contributed by atoms with Crippen LogP contribution >= 0.6 is 0 Å². The van der Waals surface area contributed by atoms with E-state index in [1.54, 1.807) is 0 Å². The van der Waals surface area contributed by atoms with E-state index in [0.717, 1.165) is 25.9 Å². The number of benzene rings is 1. The highest BCUT2D eigenvalue weighted by molar-refractivity contribution is 5.14. The first-order chi connectivity index (χ1) is 8.78. The maximum absolute atomic E-state index is 8.87. The van der Waals surface area contributed by atoms with Crippen molar-refractivity contribution in [1.29, 1.82) is 5.26 Å². The van der Waals surface area contributed by atoms with Crippen molar-refractivity contribution in [3.63, 3.8) is 0 Å². The van der Waals surface area contributed by atoms with Crippen molar-refractivity contribution in [2.45, 2.75) is 32.7 Å². The van der Waals surface area contributed by atoms with E-state index in [-0.39, 0.29) is 5.41 Å². The standard InChI is InChI=1S/C15H20N2O/c1-2-18-17(12-14-6-4-3-5-7-14)13-15(8-9-15)10-11-16/h3-7H,2,8-10,12-13H2,1H3. The Labute approximate surface area is 109 Å². The van der Waals surface area contributed by atoms with Gasteiger partial charge in [0.25, 0.3) is 0 Å². The zero-order chi connectivity index (χ0) is 12.8. The minimum atomic E-state index is 0.193. The van der Waals surface area contributed by atoms with E-state index >= 15 is 0 Å². The summed E-state index contributed by atoms with van der Waals surface area (Å²) < 4.78 is 0. The van der Waals surface area contributed by atoms with Crippen LogP contribution in [0.2, 0.25) is 0 Å². The highest BCUT2D eigenvalue weighted by Crippen LogP contribution is 2.49. The molecule has 0 atom stereocenters. The highest BCUT2D eigenvalue weighted by Gasteiger charge is 2.44. The molecule has 0 unspecified atom stereocenters. The molecule has 0 heterocycles. The zero-order valence-electron chi connectivity index (χ0n) is 10.9. The van der Waals surface area contributed by atoms with E-state index in [2.05, 4.69) is 18.2 Å². The molecule has 1 saturated carbocycles. The van der Waals surface area contributed by atoms with Crippen LogP contribution in [0, 0.1) is 16.7 Å². The molecule has 1 aromatic rings. The Bertz CT molecular complexity index is 406. The number of hydroxylamine groups is 2. The number of nitrogens with zero attached hydrogens (tertiary/aromatic N) is 2. The van der Waals surface area contributed by atoms with Crippen LogP contribution in [0.4, 0.5) is 0 Å². The Morgan fingerprint density at radius 2 is 2.06 bits per heavy atom. The Balaban J connectivity index is 1.94. The molecule has 0 aliphatic heterocycles. The van der Waals surface area contributed by atoms with E-state index in [4.69, 9.17) is 10.1 Å². The summed E-state index contributed by atoms with van der Waals surface area (Å²) in [6.45, 7) is 4.34. The molecule has 0 radical (unpaired) electrons. The molecule has 96 valence electrons. The normalized spacial score (nSPS) is 16.5. The predicted molar refractivity (Wildman–Crippen MR) is 70.4 cm³/mol. The molecule has 0 amide bonds. The number of rotatable bonds is 7. The van der Waals surface area contributed by atoms with Crippen LogP contribution in [0.15, 0.2) is 30.3 Å². The fourth-order valence-electron chi connectivity index (χ4n) is 2.23. The number of hydrogen-bond acceptors (Lipinski definition) is 3. The lowest BCUT2D eigenvalue weighted by molar-refractivity contribution is -0.171. The Hall–Kier alpha value is -1.37. The average molecular weight is 244 g/mol. The third-order valence-electron chi connectivity index (χ3n) is 3.44. The third-order valence-corrected chi connectivity index (χ3v) is 3.44. The van der Waals surface area contributed by atoms with Gasteiger partial charge in [-0.2, -0.15) is 10.3 Å². The number of hydrogen-bond donors (Lipinski definition) is 0. The van der Waals surface area contributed by atoms with E-state index in [9.17, 15) is 0 Å². The monoisotopic (exact) mass is 244 g/mol. The van der Waals surface area contributed by atoms with E-state index in [0.29, 0.717) is 13.0 Å². The third kappa shape index (κ3) is 3.56. The summed E-state index contributed by atoms with van der Waals surface area (Å²) in [6.07, 6.45) is 2.95. The Kier molecular flexibility index (Phi) is 4.35. The van der Waals surface area contributed by atoms with Gasteiger partial charge in [0, 0.05) is 19.5 Å². The average Bonchev–Trinajstić information content (AvgIpc) is 3.11. The summed E-state index contributed by atoms with van der Waals surface area (Å²) in [5.74, 6) is 0. The van der Waals surface area contributed by atoms with Gasteiger partial charge in [0.05, 0.1) is 12.7 Å². The van der Waals surface area contributed by atoms with Gasteiger partial charge in [-0.15, -0.1) is 0 Å². The van der Waals surface area contributed by atoms with E-state index < -0.39 is 0 Å². The quantitative estimate of drug-likeness (QED) is 0.691. The minimum absolute atomic E-state index is 0.193. The molecule has 1 aliphatic carbocycles. The lowest BCUT2D eigenvalue weighted by Gasteiger charge is -2.25. The molecule has 3 nitrogen and oxygen atoms in total. The molecule has 1 aliphatic rings. The molecule has 1 aromatic carbocycles. The molecule has 0 aromatic heterocycles. The maximum Gasteiger partial charge on any atom is 0.0657 e. The lowest BCUT2D eigenvalue weighted by atomic mass is 10.0. The summed E-state index contributed by atoms with van der Waals surface area (Å²) >= 11 is 0. The topological polar surface area (TPSA) is 36.3 Å². The second-order valence-corrected chi connectivity index (χ2v) is 5.04. The fraction of sp³-hybridized carbons (Fsp3) is 0.533. The molecule has 1 fully saturated rings. The van der Waals surface area contributed by atoms with Crippen LogP contribution in [-0.2, 0) is 11.4 Å². The zero-order valence-corrected chi connectivity index (χ0v) is 10.9. The van der Waals surface area contributed by atoms with Crippen LogP contribution in [0.25, 0.3) is 0 Å². The second kappa shape index (κ2) is 5.99. The molecule has 0 bridgehead atoms. The summed E-state index contributed by atoms with van der Waals surface area (Å²) in [6, 6.07) is 12.6. The van der Waals surface area contributed by atoms with Crippen molar-refractivity contribution in [3.8, 4) is 6.07 Å². The van der Waals surface area contributed by atoms with Crippen molar-refractivity contribution < 1.29 is 4.84 Å². The largest absolute Gasteiger partial charge is 0.299 e. The van der Waals surface area contributed by atoms with Gasteiger partial charge in [0.2, 0.25) is 0 Å². The van der Waals surface area contributed by atoms with Gasteiger partial charge >= 0.3 is 0 Å². The highest BCUT2D eigenvalue weighted by atomic mass is 16.7. The molecule has 3 heteroatoms. The first kappa shape index (κ1) is 13.1. The van der Waals surface area contributed by atoms with Crippen molar-refractivity contribution in [2.24, 2.45) is 5.41 Å². The summed E-state index contributed by atoms with van der Waals surface area (Å²) in [5.41, 5.74) is 1.44. The van der Waals surface area contributed by atoms with Gasteiger partial charge in [0.1, 0.15) is 0 Å². The van der Waals surface area contributed by atoms with Crippen LogP contribution in [-0.4, -0.2) is 18.2 Å². The van der Waals surface area contributed by atoms with Gasteiger partial charge in [-0.25, -0.2) is 0 Å². The molecular weight excluding hydrogens is 224 g/mol. The van der Waals surface area contributed by atoms with Gasteiger partial charge in [0.15, 0.2) is 0 Å². The van der Waals surface area contributed by atoms with Crippen LogP contribution in [0.5, 0.6) is 0 Å². The van der Waals surface area contributed by atoms with E-state index in [1.807, 2.05) is 30.2 Å². The van der Waals surface area contributed by atoms with Crippen molar-refractivity contribution in [1.82, 2.24) is 5.06 Å². The molecule has 18 heavy (non-hydrogen) atoms. The smallest absolute Gasteiger partial charge is 0.0657 e. The van der Waals surface area contributed by atoms with Gasteiger partial charge in [-0.3, -0.25) is 4.84 Å². The Morgan fingerprint density at radius 1 is 1.33 bits per heavy atom. The van der Waals surface area contributed by atoms with Crippen LogP contribution < -0.4 is 0 Å². The van der Waals surface area contributed by atoms with Crippen LogP contribution in [0.1, 0.15) is 31.7 Å². The molecular formula is C15H20N2O. The predicted octanol–water partition coefficient (Wildman–Crippen LogP) is 3.13. The second-order valence-electron chi connectivity index (χ2n) is 5.04. The molecule has 2 rings (SSSR count). The van der Waals surface area contributed by atoms with Crippen LogP contribution in [0.3, 0.4) is 0 Å². The molecule has 0 saturated heterocycles. The fourth-order valence-corrected chi connectivity index (χ4v) is 2.23. The van der Waals surface area contributed by atoms with Gasteiger partial charge in [-0.05, 0) is 30.7 Å². The van der Waals surface area contributed by atoms with Crippen molar-refractivity contribution in [3.05, 3.63) is 35.9 Å². The van der Waals surface area contributed by atoms with Crippen molar-refractivity contribution in [2.75, 3.05) is 13.2 Å². The maximum atomic E-state index is 8.87. The SMILES string of the molecule is CCON(Cc1ccccc1)CC1(CC#N)CC1. The van der Waals surface area contributed by atoms with Gasteiger partial charge in [-0.1, -0.05) is 30.3 Å². The first-order valence-electron chi connectivity index (χ1n) is 6.57. The summed E-state index contributed by atoms with van der Waals surface area (Å²) in [7, 11) is 0. The minimum Gasteiger partial charge on any atom is -0.299 e. The molecule has 0 N–H and O–H groups in total. The van der Waals surface area contributed by atoms with Crippen molar-refractivity contribution >= 4 is 0 Å².